The van der Waals surface area contributed by atoms with Crippen LogP contribution in [0, 0.1) is 5.82 Å². The normalized spacial score (nSPS) is 14.6. The number of carbonyl (C=O) groups excluding carboxylic acids is 1. The SMILES string of the molecule is CCCOc1cccc(C2c3c(oc4ccc(F)cc4c3=O)C(=O)N2CCc2ccc(OC)c(OC)c2)c1. The van der Waals surface area contributed by atoms with Crippen LogP contribution in [0.1, 0.15) is 46.6 Å². The molecule has 0 saturated heterocycles. The van der Waals surface area contributed by atoms with Gasteiger partial charge in [0, 0.05) is 6.54 Å². The summed E-state index contributed by atoms with van der Waals surface area (Å²) in [5, 5.41) is 0.0988. The van der Waals surface area contributed by atoms with E-state index in [1.54, 1.807) is 19.1 Å². The van der Waals surface area contributed by atoms with Crippen molar-refractivity contribution >= 4 is 16.9 Å². The standard InChI is InChI=1S/C30H28FNO6/c1-4-14-37-21-7-5-6-19(16-21)27-26-28(33)22-17-20(31)9-11-23(22)38-29(26)30(34)32(27)13-12-18-8-10-24(35-2)25(15-18)36-3/h5-11,15-17,27H,4,12-14H2,1-3H3. The highest BCUT2D eigenvalue weighted by molar-refractivity contribution is 5.99. The molecule has 1 aliphatic rings. The van der Waals surface area contributed by atoms with Crippen molar-refractivity contribution in [2.45, 2.75) is 25.8 Å². The van der Waals surface area contributed by atoms with Crippen molar-refractivity contribution in [2.24, 2.45) is 0 Å². The van der Waals surface area contributed by atoms with E-state index in [0.717, 1.165) is 18.1 Å². The Balaban J connectivity index is 1.58. The lowest BCUT2D eigenvalue weighted by molar-refractivity contribution is 0.0729. The summed E-state index contributed by atoms with van der Waals surface area (Å²) in [5.74, 6) is 0.868. The first-order chi connectivity index (χ1) is 18.4. The highest BCUT2D eigenvalue weighted by Gasteiger charge is 2.42. The Hall–Kier alpha value is -4.33. The molecule has 0 bridgehead atoms. The molecule has 1 aromatic heterocycles. The smallest absolute Gasteiger partial charge is 0.290 e. The van der Waals surface area contributed by atoms with Gasteiger partial charge >= 0.3 is 0 Å². The van der Waals surface area contributed by atoms with Crippen LogP contribution >= 0.6 is 0 Å². The Labute approximate surface area is 219 Å². The van der Waals surface area contributed by atoms with Crippen LogP contribution in [0.2, 0.25) is 0 Å². The molecule has 2 heterocycles. The van der Waals surface area contributed by atoms with Gasteiger partial charge in [0.2, 0.25) is 5.76 Å². The van der Waals surface area contributed by atoms with E-state index in [1.807, 2.05) is 49.4 Å². The van der Waals surface area contributed by atoms with Gasteiger partial charge < -0.3 is 23.5 Å². The Morgan fingerprint density at radius 2 is 1.79 bits per heavy atom. The van der Waals surface area contributed by atoms with Gasteiger partial charge in [-0.25, -0.2) is 4.39 Å². The number of hydrogen-bond donors (Lipinski definition) is 0. The number of amides is 1. The zero-order valence-electron chi connectivity index (χ0n) is 21.5. The van der Waals surface area contributed by atoms with Crippen LogP contribution in [-0.2, 0) is 6.42 Å². The first-order valence-electron chi connectivity index (χ1n) is 12.5. The topological polar surface area (TPSA) is 78.2 Å². The van der Waals surface area contributed by atoms with E-state index in [2.05, 4.69) is 0 Å². The largest absolute Gasteiger partial charge is 0.494 e. The summed E-state index contributed by atoms with van der Waals surface area (Å²) in [6, 6.07) is 15.9. The number of halogens is 1. The summed E-state index contributed by atoms with van der Waals surface area (Å²) in [6.45, 7) is 2.85. The van der Waals surface area contributed by atoms with Gasteiger partial charge in [-0.1, -0.05) is 25.1 Å². The summed E-state index contributed by atoms with van der Waals surface area (Å²) >= 11 is 0. The highest BCUT2D eigenvalue weighted by Crippen LogP contribution is 2.39. The Kier molecular flexibility index (Phi) is 7.05. The molecule has 1 aliphatic heterocycles. The van der Waals surface area contributed by atoms with Crippen molar-refractivity contribution < 1.29 is 27.8 Å². The predicted molar refractivity (Wildman–Crippen MR) is 141 cm³/mol. The van der Waals surface area contributed by atoms with Crippen LogP contribution in [0.5, 0.6) is 17.2 Å². The number of hydrogen-bond acceptors (Lipinski definition) is 6. The molecular weight excluding hydrogens is 489 g/mol. The quantitative estimate of drug-likeness (QED) is 0.291. The molecule has 4 aromatic rings. The summed E-state index contributed by atoms with van der Waals surface area (Å²) in [4.78, 5) is 29.0. The Morgan fingerprint density at radius 3 is 2.55 bits per heavy atom. The first kappa shape index (κ1) is 25.3. The van der Waals surface area contributed by atoms with E-state index in [-0.39, 0.29) is 22.3 Å². The molecule has 0 fully saturated rings. The maximum atomic E-state index is 14.0. The number of rotatable bonds is 9. The third-order valence-corrected chi connectivity index (χ3v) is 6.66. The van der Waals surface area contributed by atoms with Gasteiger partial charge in [-0.3, -0.25) is 9.59 Å². The molecule has 38 heavy (non-hydrogen) atoms. The van der Waals surface area contributed by atoms with Crippen molar-refractivity contribution in [3.63, 3.8) is 0 Å². The predicted octanol–water partition coefficient (Wildman–Crippen LogP) is 5.53. The van der Waals surface area contributed by atoms with Crippen LogP contribution in [0.3, 0.4) is 0 Å². The van der Waals surface area contributed by atoms with E-state index < -0.39 is 23.2 Å². The molecule has 8 heteroatoms. The van der Waals surface area contributed by atoms with Crippen LogP contribution in [0.25, 0.3) is 11.0 Å². The molecule has 3 aromatic carbocycles. The van der Waals surface area contributed by atoms with Crippen molar-refractivity contribution in [2.75, 3.05) is 27.4 Å². The number of nitrogens with zero attached hydrogens (tertiary/aromatic N) is 1. The average molecular weight is 518 g/mol. The second kappa shape index (κ2) is 10.6. The van der Waals surface area contributed by atoms with Crippen LogP contribution < -0.4 is 19.6 Å². The van der Waals surface area contributed by atoms with E-state index >= 15 is 0 Å². The van der Waals surface area contributed by atoms with Gasteiger partial charge in [0.05, 0.1) is 37.8 Å². The fourth-order valence-electron chi connectivity index (χ4n) is 4.85. The molecule has 0 saturated carbocycles. The summed E-state index contributed by atoms with van der Waals surface area (Å²) in [6.07, 6.45) is 1.33. The number of fused-ring (bicyclic) bond motifs is 2. The minimum absolute atomic E-state index is 0.0219. The van der Waals surface area contributed by atoms with Crippen molar-refractivity contribution in [3.8, 4) is 17.2 Å². The van der Waals surface area contributed by atoms with Crippen molar-refractivity contribution in [1.82, 2.24) is 4.90 Å². The monoisotopic (exact) mass is 517 g/mol. The maximum absolute atomic E-state index is 14.0. The second-order valence-electron chi connectivity index (χ2n) is 9.08. The molecule has 196 valence electrons. The fourth-order valence-corrected chi connectivity index (χ4v) is 4.85. The summed E-state index contributed by atoms with van der Waals surface area (Å²) in [5.41, 5.74) is 1.59. The van der Waals surface area contributed by atoms with Crippen LogP contribution in [-0.4, -0.2) is 38.2 Å². The van der Waals surface area contributed by atoms with E-state index in [9.17, 15) is 14.0 Å². The third-order valence-electron chi connectivity index (χ3n) is 6.66. The highest BCUT2D eigenvalue weighted by atomic mass is 19.1. The van der Waals surface area contributed by atoms with Crippen molar-refractivity contribution in [1.29, 1.82) is 0 Å². The van der Waals surface area contributed by atoms with Gasteiger partial charge in [-0.05, 0) is 66.4 Å². The first-order valence-corrected chi connectivity index (χ1v) is 12.5. The average Bonchev–Trinajstić information content (AvgIpc) is 3.22. The number of ether oxygens (including phenoxy) is 3. The molecule has 1 unspecified atom stereocenters. The lowest BCUT2D eigenvalue weighted by Crippen LogP contribution is -2.31. The Morgan fingerprint density at radius 1 is 0.974 bits per heavy atom. The molecule has 0 aliphatic carbocycles. The van der Waals surface area contributed by atoms with Gasteiger partial charge in [0.25, 0.3) is 5.91 Å². The van der Waals surface area contributed by atoms with E-state index in [1.165, 1.54) is 12.1 Å². The molecule has 7 nitrogen and oxygen atoms in total. The number of carbonyl (C=O) groups is 1. The van der Waals surface area contributed by atoms with E-state index in [0.29, 0.717) is 42.4 Å². The van der Waals surface area contributed by atoms with Gasteiger partial charge in [-0.2, -0.15) is 0 Å². The zero-order chi connectivity index (χ0) is 26.8. The van der Waals surface area contributed by atoms with Gasteiger partial charge in [0.1, 0.15) is 17.1 Å². The molecule has 0 radical (unpaired) electrons. The maximum Gasteiger partial charge on any atom is 0.290 e. The number of benzene rings is 3. The van der Waals surface area contributed by atoms with Crippen LogP contribution in [0.15, 0.2) is 69.9 Å². The lowest BCUT2D eigenvalue weighted by atomic mass is 9.98. The third kappa shape index (κ3) is 4.58. The molecule has 1 atom stereocenters. The second-order valence-corrected chi connectivity index (χ2v) is 9.08. The molecule has 0 spiro atoms. The lowest BCUT2D eigenvalue weighted by Gasteiger charge is -2.25. The van der Waals surface area contributed by atoms with Crippen LogP contribution in [0.4, 0.5) is 4.39 Å². The fraction of sp³-hybridized carbons (Fsp3) is 0.267. The minimum atomic E-state index is -0.716. The number of methoxy groups -OCH3 is 2. The van der Waals surface area contributed by atoms with Gasteiger partial charge in [0.15, 0.2) is 16.9 Å². The zero-order valence-corrected chi connectivity index (χ0v) is 21.5. The summed E-state index contributed by atoms with van der Waals surface area (Å²) in [7, 11) is 3.14. The minimum Gasteiger partial charge on any atom is -0.494 e. The van der Waals surface area contributed by atoms with Crippen molar-refractivity contribution in [3.05, 3.63) is 99.2 Å². The Bertz CT molecular complexity index is 1560. The molecular formula is C30H28FNO6. The molecule has 0 N–H and O–H groups in total. The molecule has 1 amide bonds. The molecule has 5 rings (SSSR count). The summed E-state index contributed by atoms with van der Waals surface area (Å²) < 4.78 is 36.5. The van der Waals surface area contributed by atoms with E-state index in [4.69, 9.17) is 18.6 Å². The van der Waals surface area contributed by atoms with Gasteiger partial charge in [-0.15, -0.1) is 0 Å².